The van der Waals surface area contributed by atoms with Crippen molar-refractivity contribution in [1.82, 2.24) is 15.2 Å². The number of hydrogen-bond acceptors (Lipinski definition) is 4. The Bertz CT molecular complexity index is 505. The Labute approximate surface area is 124 Å². The van der Waals surface area contributed by atoms with Gasteiger partial charge in [-0.2, -0.15) is 0 Å². The van der Waals surface area contributed by atoms with Crippen molar-refractivity contribution >= 4 is 11.8 Å². The molecule has 1 aliphatic rings. The number of aromatic nitrogens is 1. The highest BCUT2D eigenvalue weighted by molar-refractivity contribution is 5.84. The fourth-order valence-electron chi connectivity index (χ4n) is 2.37. The third-order valence-electron chi connectivity index (χ3n) is 3.53. The summed E-state index contributed by atoms with van der Waals surface area (Å²) >= 11 is 0. The topological polar surface area (TPSA) is 71.5 Å². The molecule has 0 saturated carbocycles. The Balaban J connectivity index is 1.85. The van der Waals surface area contributed by atoms with Gasteiger partial charge < -0.3 is 15.0 Å². The Morgan fingerprint density at radius 3 is 3.10 bits per heavy atom. The molecule has 0 aliphatic carbocycles. The maximum Gasteiger partial charge on any atom is 0.239 e. The fourth-order valence-corrected chi connectivity index (χ4v) is 2.37. The number of pyridine rings is 1. The number of likely N-dealkylation sites (tertiary alicyclic amines) is 1. The first kappa shape index (κ1) is 15.3. The lowest BCUT2D eigenvalue weighted by molar-refractivity contribution is -0.135. The van der Waals surface area contributed by atoms with Gasteiger partial charge in [-0.1, -0.05) is 12.5 Å². The standard InChI is InChI=1S/C15H21N3O3/c1-21-15-12(6-5-8-16-15)10-17-13(19)11-18-9-4-2-3-7-14(18)20/h5-6,8H,2-4,7,9-11H2,1H3,(H,17,19). The molecule has 114 valence electrons. The van der Waals surface area contributed by atoms with Gasteiger partial charge >= 0.3 is 0 Å². The van der Waals surface area contributed by atoms with E-state index in [2.05, 4.69) is 10.3 Å². The van der Waals surface area contributed by atoms with Crippen LogP contribution in [0, 0.1) is 0 Å². The van der Waals surface area contributed by atoms with E-state index in [-0.39, 0.29) is 18.4 Å². The second kappa shape index (κ2) is 7.61. The van der Waals surface area contributed by atoms with E-state index in [0.717, 1.165) is 24.8 Å². The van der Waals surface area contributed by atoms with Crippen LogP contribution in [0.3, 0.4) is 0 Å². The van der Waals surface area contributed by atoms with Crippen molar-refractivity contribution in [2.45, 2.75) is 32.2 Å². The zero-order valence-corrected chi connectivity index (χ0v) is 12.3. The number of nitrogens with zero attached hydrogens (tertiary/aromatic N) is 2. The molecule has 1 saturated heterocycles. The number of methoxy groups -OCH3 is 1. The van der Waals surface area contributed by atoms with Gasteiger partial charge in [0.15, 0.2) is 0 Å². The van der Waals surface area contributed by atoms with Crippen LogP contribution < -0.4 is 10.1 Å². The molecule has 0 aromatic carbocycles. The lowest BCUT2D eigenvalue weighted by Crippen LogP contribution is -2.40. The van der Waals surface area contributed by atoms with E-state index in [4.69, 9.17) is 4.74 Å². The minimum atomic E-state index is -0.156. The predicted molar refractivity (Wildman–Crippen MR) is 77.7 cm³/mol. The van der Waals surface area contributed by atoms with Crippen LogP contribution in [0.15, 0.2) is 18.3 Å². The van der Waals surface area contributed by atoms with Crippen molar-refractivity contribution in [2.75, 3.05) is 20.2 Å². The van der Waals surface area contributed by atoms with Crippen LogP contribution in [0.5, 0.6) is 5.88 Å². The van der Waals surface area contributed by atoms with Gasteiger partial charge in [-0.25, -0.2) is 4.98 Å². The second-order valence-corrected chi connectivity index (χ2v) is 5.07. The van der Waals surface area contributed by atoms with E-state index in [0.29, 0.717) is 25.4 Å². The summed E-state index contributed by atoms with van der Waals surface area (Å²) in [7, 11) is 1.55. The fraction of sp³-hybridized carbons (Fsp3) is 0.533. The van der Waals surface area contributed by atoms with E-state index >= 15 is 0 Å². The predicted octanol–water partition coefficient (Wildman–Crippen LogP) is 1.11. The molecule has 0 bridgehead atoms. The highest BCUT2D eigenvalue weighted by Crippen LogP contribution is 2.13. The summed E-state index contributed by atoms with van der Waals surface area (Å²) in [4.78, 5) is 29.5. The molecule has 6 heteroatoms. The average molecular weight is 291 g/mol. The summed E-state index contributed by atoms with van der Waals surface area (Å²) < 4.78 is 5.13. The number of carbonyl (C=O) groups excluding carboxylic acids is 2. The van der Waals surface area contributed by atoms with Gasteiger partial charge in [0.2, 0.25) is 17.7 Å². The van der Waals surface area contributed by atoms with Crippen LogP contribution in [0.4, 0.5) is 0 Å². The number of nitrogens with one attached hydrogen (secondary N) is 1. The number of amides is 2. The summed E-state index contributed by atoms with van der Waals surface area (Å²) in [5.41, 5.74) is 0.815. The normalized spacial score (nSPS) is 15.5. The molecular weight excluding hydrogens is 270 g/mol. The first-order valence-electron chi connectivity index (χ1n) is 7.23. The number of hydrogen-bond donors (Lipinski definition) is 1. The van der Waals surface area contributed by atoms with Gasteiger partial charge in [0.05, 0.1) is 13.7 Å². The van der Waals surface area contributed by atoms with Gasteiger partial charge in [0, 0.05) is 31.3 Å². The molecule has 2 heterocycles. The molecular formula is C15H21N3O3. The third kappa shape index (κ3) is 4.44. The van der Waals surface area contributed by atoms with Crippen LogP contribution >= 0.6 is 0 Å². The minimum absolute atomic E-state index is 0.0709. The maximum atomic E-state index is 12.0. The number of rotatable bonds is 5. The Hall–Kier alpha value is -2.11. The molecule has 21 heavy (non-hydrogen) atoms. The quantitative estimate of drug-likeness (QED) is 0.882. The highest BCUT2D eigenvalue weighted by Gasteiger charge is 2.19. The van der Waals surface area contributed by atoms with Crippen LogP contribution in [0.1, 0.15) is 31.2 Å². The molecule has 0 radical (unpaired) electrons. The van der Waals surface area contributed by atoms with E-state index < -0.39 is 0 Å². The van der Waals surface area contributed by atoms with E-state index in [9.17, 15) is 9.59 Å². The summed E-state index contributed by atoms with van der Waals surface area (Å²) in [6.45, 7) is 1.14. The van der Waals surface area contributed by atoms with Gasteiger partial charge in [-0.15, -0.1) is 0 Å². The van der Waals surface area contributed by atoms with Gasteiger partial charge in [-0.3, -0.25) is 9.59 Å². The Morgan fingerprint density at radius 2 is 2.29 bits per heavy atom. The lowest BCUT2D eigenvalue weighted by atomic mass is 10.2. The monoisotopic (exact) mass is 291 g/mol. The van der Waals surface area contributed by atoms with Crippen LogP contribution in [-0.4, -0.2) is 41.9 Å². The smallest absolute Gasteiger partial charge is 0.239 e. The molecule has 0 unspecified atom stereocenters. The van der Waals surface area contributed by atoms with Gasteiger partial charge in [0.25, 0.3) is 0 Å². The van der Waals surface area contributed by atoms with Crippen LogP contribution in [-0.2, 0) is 16.1 Å². The SMILES string of the molecule is COc1ncccc1CNC(=O)CN1CCCCCC1=O. The van der Waals surface area contributed by atoms with Crippen molar-refractivity contribution in [3.8, 4) is 5.88 Å². The summed E-state index contributed by atoms with van der Waals surface area (Å²) in [6, 6.07) is 3.64. The molecule has 1 aromatic heterocycles. The van der Waals surface area contributed by atoms with Gasteiger partial charge in [-0.05, 0) is 18.9 Å². The van der Waals surface area contributed by atoms with Crippen molar-refractivity contribution in [1.29, 1.82) is 0 Å². The molecule has 1 aliphatic heterocycles. The Kier molecular flexibility index (Phi) is 5.54. The highest BCUT2D eigenvalue weighted by atomic mass is 16.5. The molecule has 1 fully saturated rings. The van der Waals surface area contributed by atoms with Crippen molar-refractivity contribution in [2.24, 2.45) is 0 Å². The second-order valence-electron chi connectivity index (χ2n) is 5.07. The van der Waals surface area contributed by atoms with Crippen LogP contribution in [0.2, 0.25) is 0 Å². The zero-order chi connectivity index (χ0) is 15.1. The molecule has 6 nitrogen and oxygen atoms in total. The first-order valence-corrected chi connectivity index (χ1v) is 7.23. The molecule has 1 N–H and O–H groups in total. The maximum absolute atomic E-state index is 12.0. The minimum Gasteiger partial charge on any atom is -0.481 e. The Morgan fingerprint density at radius 1 is 1.43 bits per heavy atom. The third-order valence-corrected chi connectivity index (χ3v) is 3.53. The van der Waals surface area contributed by atoms with Gasteiger partial charge in [0.1, 0.15) is 0 Å². The van der Waals surface area contributed by atoms with Crippen molar-refractivity contribution in [3.05, 3.63) is 23.9 Å². The molecule has 0 spiro atoms. The van der Waals surface area contributed by atoms with E-state index in [1.807, 2.05) is 6.07 Å². The lowest BCUT2D eigenvalue weighted by Gasteiger charge is -2.19. The number of carbonyl (C=O) groups is 2. The molecule has 2 rings (SSSR count). The molecule has 1 aromatic rings. The number of ether oxygens (including phenoxy) is 1. The zero-order valence-electron chi connectivity index (χ0n) is 12.3. The van der Waals surface area contributed by atoms with E-state index in [1.165, 1.54) is 0 Å². The molecule has 2 amide bonds. The summed E-state index contributed by atoms with van der Waals surface area (Å²) in [6.07, 6.45) is 5.12. The summed E-state index contributed by atoms with van der Waals surface area (Å²) in [5.74, 6) is 0.418. The average Bonchev–Trinajstić information content (AvgIpc) is 2.70. The molecule has 0 atom stereocenters. The van der Waals surface area contributed by atoms with Crippen molar-refractivity contribution in [3.63, 3.8) is 0 Å². The first-order chi connectivity index (χ1) is 10.2. The van der Waals surface area contributed by atoms with E-state index in [1.54, 1.807) is 24.3 Å². The summed E-state index contributed by atoms with van der Waals surface area (Å²) in [5, 5.41) is 2.81. The largest absolute Gasteiger partial charge is 0.481 e. The van der Waals surface area contributed by atoms with Crippen molar-refractivity contribution < 1.29 is 14.3 Å². The van der Waals surface area contributed by atoms with Crippen LogP contribution in [0.25, 0.3) is 0 Å².